The molecule has 1 saturated heterocycles. The molecule has 0 aliphatic carbocycles. The summed E-state index contributed by atoms with van der Waals surface area (Å²) in [4.78, 5) is 14.5. The van der Waals surface area contributed by atoms with E-state index in [1.165, 1.54) is 5.56 Å². The SMILES string of the molecule is O=C(CCSCc1ccccc1)N1CCC2OCc3cnnn3C2C1. The number of thioether (sulfide) groups is 1. The first-order valence-electron chi connectivity index (χ1n) is 8.71. The molecule has 2 aliphatic heterocycles. The quantitative estimate of drug-likeness (QED) is 0.768. The summed E-state index contributed by atoms with van der Waals surface area (Å²) in [6, 6.07) is 10.5. The highest BCUT2D eigenvalue weighted by Crippen LogP contribution is 2.30. The summed E-state index contributed by atoms with van der Waals surface area (Å²) in [5.74, 6) is 2.03. The van der Waals surface area contributed by atoms with Gasteiger partial charge in [-0.2, -0.15) is 11.8 Å². The minimum absolute atomic E-state index is 0.0981. The van der Waals surface area contributed by atoms with Crippen molar-refractivity contribution < 1.29 is 9.53 Å². The van der Waals surface area contributed by atoms with Crippen molar-refractivity contribution in [3.05, 3.63) is 47.8 Å². The van der Waals surface area contributed by atoms with E-state index in [9.17, 15) is 4.79 Å². The Hall–Kier alpha value is -1.86. The molecule has 1 aromatic carbocycles. The van der Waals surface area contributed by atoms with Gasteiger partial charge in [0, 0.05) is 31.0 Å². The molecule has 0 saturated carbocycles. The van der Waals surface area contributed by atoms with Crippen LogP contribution in [-0.4, -0.2) is 50.7 Å². The number of amides is 1. The third kappa shape index (κ3) is 3.72. The second-order valence-electron chi connectivity index (χ2n) is 6.50. The number of likely N-dealkylation sites (tertiary alicyclic amines) is 1. The van der Waals surface area contributed by atoms with Crippen molar-refractivity contribution in [2.24, 2.45) is 0 Å². The molecule has 2 unspecified atom stereocenters. The van der Waals surface area contributed by atoms with Crippen LogP contribution in [0.3, 0.4) is 0 Å². The van der Waals surface area contributed by atoms with Crippen LogP contribution in [0.15, 0.2) is 36.5 Å². The standard InChI is InChI=1S/C18H22N4O2S/c23-18(7-9-25-13-14-4-2-1-3-5-14)21-8-6-17-16(11-21)22-15(12-24-17)10-19-20-22/h1-5,10,16-17H,6-9,11-13H2. The van der Waals surface area contributed by atoms with E-state index in [0.29, 0.717) is 19.6 Å². The molecule has 7 heteroatoms. The summed E-state index contributed by atoms with van der Waals surface area (Å²) in [6.07, 6.45) is 3.34. The molecule has 1 fully saturated rings. The number of nitrogens with zero attached hydrogens (tertiary/aromatic N) is 4. The fourth-order valence-corrected chi connectivity index (χ4v) is 4.38. The second-order valence-corrected chi connectivity index (χ2v) is 7.61. The number of ether oxygens (including phenoxy) is 1. The number of carbonyl (C=O) groups excluding carboxylic acids is 1. The molecule has 3 heterocycles. The Morgan fingerprint density at radius 2 is 2.20 bits per heavy atom. The van der Waals surface area contributed by atoms with Gasteiger partial charge in [0.25, 0.3) is 0 Å². The summed E-state index contributed by atoms with van der Waals surface area (Å²) in [7, 11) is 0. The van der Waals surface area contributed by atoms with Gasteiger partial charge in [-0.1, -0.05) is 35.5 Å². The Kier molecular flexibility index (Phi) is 5.03. The van der Waals surface area contributed by atoms with Crippen molar-refractivity contribution in [1.82, 2.24) is 19.9 Å². The van der Waals surface area contributed by atoms with Crippen molar-refractivity contribution in [3.8, 4) is 0 Å². The Morgan fingerprint density at radius 3 is 3.08 bits per heavy atom. The molecular formula is C18H22N4O2S. The molecule has 6 nitrogen and oxygen atoms in total. The smallest absolute Gasteiger partial charge is 0.223 e. The minimum atomic E-state index is 0.0981. The first kappa shape index (κ1) is 16.6. The molecule has 1 amide bonds. The molecule has 0 radical (unpaired) electrons. The van der Waals surface area contributed by atoms with Gasteiger partial charge in [0.15, 0.2) is 0 Å². The van der Waals surface area contributed by atoms with E-state index in [-0.39, 0.29) is 18.1 Å². The monoisotopic (exact) mass is 358 g/mol. The number of rotatable bonds is 5. The van der Waals surface area contributed by atoms with Gasteiger partial charge in [0.1, 0.15) is 0 Å². The van der Waals surface area contributed by atoms with Crippen LogP contribution < -0.4 is 0 Å². The van der Waals surface area contributed by atoms with E-state index in [1.807, 2.05) is 27.4 Å². The molecular weight excluding hydrogens is 336 g/mol. The lowest BCUT2D eigenvalue weighted by molar-refractivity contribution is -0.137. The van der Waals surface area contributed by atoms with Crippen molar-refractivity contribution >= 4 is 17.7 Å². The van der Waals surface area contributed by atoms with Crippen LogP contribution in [0.25, 0.3) is 0 Å². The minimum Gasteiger partial charge on any atom is -0.370 e. The van der Waals surface area contributed by atoms with Crippen LogP contribution >= 0.6 is 11.8 Å². The number of hydrogen-bond acceptors (Lipinski definition) is 5. The van der Waals surface area contributed by atoms with Gasteiger partial charge in [-0.3, -0.25) is 4.79 Å². The van der Waals surface area contributed by atoms with Crippen LogP contribution in [0.4, 0.5) is 0 Å². The van der Waals surface area contributed by atoms with Gasteiger partial charge in [-0.25, -0.2) is 4.68 Å². The van der Waals surface area contributed by atoms with Gasteiger partial charge >= 0.3 is 0 Å². The van der Waals surface area contributed by atoms with Crippen LogP contribution in [0, 0.1) is 0 Å². The number of aromatic nitrogens is 3. The van der Waals surface area contributed by atoms with Gasteiger partial charge in [0.05, 0.1) is 30.6 Å². The average Bonchev–Trinajstić information content (AvgIpc) is 3.15. The van der Waals surface area contributed by atoms with Gasteiger partial charge in [0.2, 0.25) is 5.91 Å². The maximum atomic E-state index is 12.6. The third-order valence-corrected chi connectivity index (χ3v) is 5.88. The number of fused-ring (bicyclic) bond motifs is 3. The summed E-state index contributed by atoms with van der Waals surface area (Å²) < 4.78 is 7.84. The Labute approximate surface area is 151 Å². The van der Waals surface area contributed by atoms with Crippen molar-refractivity contribution in [1.29, 1.82) is 0 Å². The summed E-state index contributed by atoms with van der Waals surface area (Å²) in [5, 5.41) is 8.17. The van der Waals surface area contributed by atoms with Crippen LogP contribution in [0.2, 0.25) is 0 Å². The highest BCUT2D eigenvalue weighted by molar-refractivity contribution is 7.98. The van der Waals surface area contributed by atoms with Crippen molar-refractivity contribution in [3.63, 3.8) is 0 Å². The van der Waals surface area contributed by atoms with Gasteiger partial charge < -0.3 is 9.64 Å². The lowest BCUT2D eigenvalue weighted by atomic mass is 10.00. The average molecular weight is 358 g/mol. The highest BCUT2D eigenvalue weighted by Gasteiger charge is 2.37. The molecule has 4 rings (SSSR count). The van der Waals surface area contributed by atoms with Crippen LogP contribution in [0.1, 0.15) is 30.1 Å². The molecule has 2 aromatic rings. The predicted molar refractivity (Wildman–Crippen MR) is 96.1 cm³/mol. The zero-order valence-electron chi connectivity index (χ0n) is 14.1. The zero-order chi connectivity index (χ0) is 17.1. The van der Waals surface area contributed by atoms with E-state index >= 15 is 0 Å². The molecule has 2 atom stereocenters. The summed E-state index contributed by atoms with van der Waals surface area (Å²) >= 11 is 1.81. The Bertz CT molecular complexity index is 721. The molecule has 0 bridgehead atoms. The van der Waals surface area contributed by atoms with E-state index in [1.54, 1.807) is 6.20 Å². The molecule has 132 valence electrons. The van der Waals surface area contributed by atoms with Crippen molar-refractivity contribution in [2.75, 3.05) is 18.8 Å². The van der Waals surface area contributed by atoms with Crippen LogP contribution in [0.5, 0.6) is 0 Å². The molecule has 25 heavy (non-hydrogen) atoms. The van der Waals surface area contributed by atoms with E-state index in [0.717, 1.165) is 30.2 Å². The highest BCUT2D eigenvalue weighted by atomic mass is 32.2. The molecule has 0 spiro atoms. The number of benzene rings is 1. The Morgan fingerprint density at radius 1 is 1.32 bits per heavy atom. The topological polar surface area (TPSA) is 60.3 Å². The van der Waals surface area contributed by atoms with E-state index in [4.69, 9.17) is 4.74 Å². The van der Waals surface area contributed by atoms with E-state index in [2.05, 4.69) is 34.6 Å². The van der Waals surface area contributed by atoms with Gasteiger partial charge in [-0.15, -0.1) is 5.10 Å². The fraction of sp³-hybridized carbons (Fsp3) is 0.500. The van der Waals surface area contributed by atoms with Crippen LogP contribution in [-0.2, 0) is 21.9 Å². The Balaban J connectivity index is 1.27. The first-order valence-corrected chi connectivity index (χ1v) is 9.87. The maximum absolute atomic E-state index is 12.6. The third-order valence-electron chi connectivity index (χ3n) is 4.85. The lowest BCUT2D eigenvalue weighted by Crippen LogP contribution is -2.50. The summed E-state index contributed by atoms with van der Waals surface area (Å²) in [6.45, 7) is 2.01. The second kappa shape index (κ2) is 7.58. The number of piperidine rings is 1. The number of carbonyl (C=O) groups is 1. The molecule has 2 aliphatic rings. The number of hydrogen-bond donors (Lipinski definition) is 0. The lowest BCUT2D eigenvalue weighted by Gasteiger charge is -2.41. The fourth-order valence-electron chi connectivity index (χ4n) is 3.49. The predicted octanol–water partition coefficient (Wildman–Crippen LogP) is 2.27. The van der Waals surface area contributed by atoms with Gasteiger partial charge in [-0.05, 0) is 12.0 Å². The maximum Gasteiger partial charge on any atom is 0.223 e. The molecule has 0 N–H and O–H groups in total. The first-order chi connectivity index (χ1) is 12.3. The normalized spacial score (nSPS) is 22.3. The molecule has 1 aromatic heterocycles. The summed E-state index contributed by atoms with van der Waals surface area (Å²) in [5.41, 5.74) is 2.30. The van der Waals surface area contributed by atoms with E-state index < -0.39 is 0 Å². The van der Waals surface area contributed by atoms with Crippen molar-refractivity contribution in [2.45, 2.75) is 37.3 Å². The largest absolute Gasteiger partial charge is 0.370 e. The zero-order valence-corrected chi connectivity index (χ0v) is 14.9.